The van der Waals surface area contributed by atoms with Crippen molar-refractivity contribution in [3.63, 3.8) is 0 Å². The first-order chi connectivity index (χ1) is 13.9. The second-order valence-electron chi connectivity index (χ2n) is 6.07. The second kappa shape index (κ2) is 9.71. The number of halogens is 3. The minimum atomic E-state index is 0.166. The molecule has 0 aliphatic rings. The Bertz CT molecular complexity index is 1050. The number of nitrogens with one attached hydrogen (secondary N) is 2. The Morgan fingerprint density at radius 3 is 2.48 bits per heavy atom. The molecule has 0 aliphatic heterocycles. The van der Waals surface area contributed by atoms with Crippen LogP contribution in [0.4, 0.5) is 0 Å². The van der Waals surface area contributed by atoms with Gasteiger partial charge in [0, 0.05) is 15.6 Å². The third-order valence-corrected chi connectivity index (χ3v) is 5.34. The van der Waals surface area contributed by atoms with Gasteiger partial charge in [-0.05, 0) is 55.9 Å². The van der Waals surface area contributed by atoms with Gasteiger partial charge in [0.2, 0.25) is 4.77 Å². The van der Waals surface area contributed by atoms with Crippen LogP contribution in [-0.2, 0) is 13.2 Å². The minimum absolute atomic E-state index is 0.166. The van der Waals surface area contributed by atoms with Crippen LogP contribution in [0.15, 0.2) is 30.3 Å². The van der Waals surface area contributed by atoms with Crippen molar-refractivity contribution in [1.82, 2.24) is 14.9 Å². The number of nitrogens with zero attached hydrogens (tertiary/aromatic N) is 2. The molecule has 10 heteroatoms. The molecule has 29 heavy (non-hydrogen) atoms. The summed E-state index contributed by atoms with van der Waals surface area (Å²) in [6, 6.07) is 8.97. The highest BCUT2D eigenvalue weighted by molar-refractivity contribution is 7.71. The maximum absolute atomic E-state index is 6.49. The van der Waals surface area contributed by atoms with Crippen LogP contribution in [0.3, 0.4) is 0 Å². The summed E-state index contributed by atoms with van der Waals surface area (Å²) < 4.78 is 13.8. The standard InChI is InChI=1S/C19H19Cl3N4O2S/c1-3-27-17-8-12(9-23-26-11(2)24-25-19(26)29)7-16(22)18(17)28-10-13-14(20)5-4-6-15(13)21/h4-8,23H,3,9-10H2,1-2H3,(H,25,29). The summed E-state index contributed by atoms with van der Waals surface area (Å²) in [7, 11) is 0. The topological polar surface area (TPSA) is 64.1 Å². The van der Waals surface area contributed by atoms with E-state index in [1.165, 1.54) is 0 Å². The van der Waals surface area contributed by atoms with Gasteiger partial charge in [-0.15, -0.1) is 0 Å². The Kier molecular flexibility index (Phi) is 7.29. The van der Waals surface area contributed by atoms with Gasteiger partial charge in [0.1, 0.15) is 12.4 Å². The third kappa shape index (κ3) is 5.17. The van der Waals surface area contributed by atoms with E-state index in [2.05, 4.69) is 15.6 Å². The highest BCUT2D eigenvalue weighted by Gasteiger charge is 2.15. The number of aryl methyl sites for hydroxylation is 1. The van der Waals surface area contributed by atoms with Gasteiger partial charge in [-0.2, -0.15) is 5.10 Å². The summed E-state index contributed by atoms with van der Waals surface area (Å²) in [5, 5.41) is 8.27. The van der Waals surface area contributed by atoms with Crippen LogP contribution in [0.1, 0.15) is 23.9 Å². The van der Waals surface area contributed by atoms with Crippen LogP contribution in [0, 0.1) is 11.7 Å². The van der Waals surface area contributed by atoms with Crippen molar-refractivity contribution in [2.24, 2.45) is 0 Å². The molecule has 0 atom stereocenters. The lowest BCUT2D eigenvalue weighted by Crippen LogP contribution is -2.16. The average Bonchev–Trinajstić information content (AvgIpc) is 2.99. The van der Waals surface area contributed by atoms with E-state index >= 15 is 0 Å². The molecule has 0 bridgehead atoms. The number of aromatic amines is 1. The summed E-state index contributed by atoms with van der Waals surface area (Å²) in [4.78, 5) is 0. The first-order valence-corrected chi connectivity index (χ1v) is 10.3. The predicted molar refractivity (Wildman–Crippen MR) is 119 cm³/mol. The molecule has 2 aromatic carbocycles. The summed E-state index contributed by atoms with van der Waals surface area (Å²) >= 11 is 24.1. The molecule has 0 radical (unpaired) electrons. The van der Waals surface area contributed by atoms with Gasteiger partial charge in [-0.25, -0.2) is 4.68 Å². The predicted octanol–water partition coefficient (Wildman–Crippen LogP) is 5.93. The van der Waals surface area contributed by atoms with Crippen LogP contribution in [-0.4, -0.2) is 21.5 Å². The maximum atomic E-state index is 6.49. The van der Waals surface area contributed by atoms with Crippen LogP contribution in [0.5, 0.6) is 11.5 Å². The SMILES string of the molecule is CCOc1cc(CNn2c(C)n[nH]c2=S)cc(Cl)c1OCc1c(Cl)cccc1Cl. The number of H-pyrrole nitrogens is 1. The Labute approximate surface area is 188 Å². The molecule has 0 unspecified atom stereocenters. The maximum Gasteiger partial charge on any atom is 0.214 e. The van der Waals surface area contributed by atoms with Gasteiger partial charge in [-0.3, -0.25) is 5.10 Å². The largest absolute Gasteiger partial charge is 0.490 e. The lowest BCUT2D eigenvalue weighted by Gasteiger charge is -2.17. The highest BCUT2D eigenvalue weighted by atomic mass is 35.5. The van der Waals surface area contributed by atoms with Crippen molar-refractivity contribution in [3.05, 3.63) is 67.1 Å². The first kappa shape index (κ1) is 21.8. The molecule has 3 aromatic rings. The molecule has 1 aromatic heterocycles. The molecule has 0 aliphatic carbocycles. The molecule has 0 saturated carbocycles. The number of hydrogen-bond donors (Lipinski definition) is 2. The molecule has 2 N–H and O–H groups in total. The zero-order chi connectivity index (χ0) is 21.0. The lowest BCUT2D eigenvalue weighted by atomic mass is 10.2. The highest BCUT2D eigenvalue weighted by Crippen LogP contribution is 2.38. The monoisotopic (exact) mass is 472 g/mol. The molecule has 6 nitrogen and oxygen atoms in total. The number of benzene rings is 2. The van der Waals surface area contributed by atoms with Crippen LogP contribution in [0.2, 0.25) is 15.1 Å². The summed E-state index contributed by atoms with van der Waals surface area (Å²) in [6.45, 7) is 4.82. The van der Waals surface area contributed by atoms with Crippen molar-refractivity contribution in [3.8, 4) is 11.5 Å². The van der Waals surface area contributed by atoms with Gasteiger partial charge in [0.25, 0.3) is 0 Å². The Morgan fingerprint density at radius 1 is 1.14 bits per heavy atom. The Balaban J connectivity index is 1.81. The van der Waals surface area contributed by atoms with Crippen molar-refractivity contribution in [2.75, 3.05) is 12.0 Å². The zero-order valence-electron chi connectivity index (χ0n) is 15.8. The van der Waals surface area contributed by atoms with Crippen molar-refractivity contribution in [2.45, 2.75) is 27.0 Å². The second-order valence-corrected chi connectivity index (χ2v) is 7.68. The van der Waals surface area contributed by atoms with Crippen LogP contribution < -0.4 is 14.9 Å². The Hall–Kier alpha value is -1.93. The van der Waals surface area contributed by atoms with Gasteiger partial charge >= 0.3 is 0 Å². The molecule has 154 valence electrons. The molecule has 0 amide bonds. The number of rotatable bonds is 8. The fourth-order valence-corrected chi connectivity index (χ4v) is 3.71. The van der Waals surface area contributed by atoms with Gasteiger partial charge in [-0.1, -0.05) is 40.9 Å². The molecular formula is C19H19Cl3N4O2S. The molecule has 3 rings (SSSR count). The number of aromatic nitrogens is 3. The van der Waals surface area contributed by atoms with E-state index < -0.39 is 0 Å². The molecule has 0 spiro atoms. The molecule has 0 saturated heterocycles. The lowest BCUT2D eigenvalue weighted by molar-refractivity contribution is 0.269. The van der Waals surface area contributed by atoms with Crippen LogP contribution >= 0.6 is 47.0 Å². The normalized spacial score (nSPS) is 10.8. The van der Waals surface area contributed by atoms with E-state index in [4.69, 9.17) is 56.5 Å². The van der Waals surface area contributed by atoms with E-state index in [1.807, 2.05) is 19.9 Å². The molecule has 1 heterocycles. The summed E-state index contributed by atoms with van der Waals surface area (Å²) in [5.41, 5.74) is 4.77. The summed E-state index contributed by atoms with van der Waals surface area (Å²) in [5.74, 6) is 1.69. The van der Waals surface area contributed by atoms with E-state index in [-0.39, 0.29) is 6.61 Å². The van der Waals surface area contributed by atoms with Crippen molar-refractivity contribution < 1.29 is 9.47 Å². The number of ether oxygens (including phenoxy) is 2. The van der Waals surface area contributed by atoms with Crippen molar-refractivity contribution >= 4 is 47.0 Å². The average molecular weight is 474 g/mol. The zero-order valence-corrected chi connectivity index (χ0v) is 18.8. The van der Waals surface area contributed by atoms with Crippen molar-refractivity contribution in [1.29, 1.82) is 0 Å². The van der Waals surface area contributed by atoms with E-state index in [9.17, 15) is 0 Å². The fourth-order valence-electron chi connectivity index (χ4n) is 2.67. The van der Waals surface area contributed by atoms with E-state index in [0.717, 1.165) is 11.4 Å². The van der Waals surface area contributed by atoms with Gasteiger partial charge in [0.15, 0.2) is 11.5 Å². The first-order valence-electron chi connectivity index (χ1n) is 8.79. The Morgan fingerprint density at radius 2 is 1.86 bits per heavy atom. The summed E-state index contributed by atoms with van der Waals surface area (Å²) in [6.07, 6.45) is 0. The van der Waals surface area contributed by atoms with Gasteiger partial charge < -0.3 is 14.9 Å². The van der Waals surface area contributed by atoms with E-state index in [1.54, 1.807) is 28.9 Å². The molecule has 0 fully saturated rings. The third-order valence-electron chi connectivity index (χ3n) is 4.07. The quantitative estimate of drug-likeness (QED) is 0.397. The van der Waals surface area contributed by atoms with Gasteiger partial charge in [0.05, 0.1) is 18.2 Å². The smallest absolute Gasteiger partial charge is 0.214 e. The van der Waals surface area contributed by atoms with Crippen LogP contribution in [0.25, 0.3) is 0 Å². The number of hydrogen-bond acceptors (Lipinski definition) is 5. The minimum Gasteiger partial charge on any atom is -0.490 e. The van der Waals surface area contributed by atoms with E-state index in [0.29, 0.717) is 50.1 Å². The fraction of sp³-hybridized carbons (Fsp3) is 0.263. The molecular weight excluding hydrogens is 455 g/mol.